The molecule has 2 aromatic heterocycles. The van der Waals surface area contributed by atoms with Gasteiger partial charge in [-0.2, -0.15) is 18.3 Å². The SMILES string of the molecule is CCn1nccc1-c1cc(C(F)(F)F)nc(NC)n1. The van der Waals surface area contributed by atoms with Gasteiger partial charge in [-0.25, -0.2) is 9.97 Å². The third-order valence-electron chi connectivity index (χ3n) is 2.52. The van der Waals surface area contributed by atoms with Gasteiger partial charge in [0.05, 0.1) is 11.4 Å². The second-order valence-corrected chi connectivity index (χ2v) is 3.74. The summed E-state index contributed by atoms with van der Waals surface area (Å²) >= 11 is 0. The van der Waals surface area contributed by atoms with Crippen LogP contribution in [-0.4, -0.2) is 26.8 Å². The third-order valence-corrected chi connectivity index (χ3v) is 2.52. The maximum atomic E-state index is 12.8. The summed E-state index contributed by atoms with van der Waals surface area (Å²) in [5.74, 6) is -0.0753. The van der Waals surface area contributed by atoms with Crippen molar-refractivity contribution in [2.45, 2.75) is 19.6 Å². The van der Waals surface area contributed by atoms with Crippen LogP contribution >= 0.6 is 0 Å². The third kappa shape index (κ3) is 2.67. The summed E-state index contributed by atoms with van der Waals surface area (Å²) in [6.45, 7) is 2.39. The van der Waals surface area contributed by atoms with E-state index in [9.17, 15) is 13.2 Å². The Morgan fingerprint density at radius 1 is 1.32 bits per heavy atom. The van der Waals surface area contributed by atoms with Gasteiger partial charge in [0.15, 0.2) is 5.69 Å². The van der Waals surface area contributed by atoms with Gasteiger partial charge in [0, 0.05) is 19.8 Å². The van der Waals surface area contributed by atoms with Gasteiger partial charge >= 0.3 is 6.18 Å². The van der Waals surface area contributed by atoms with Crippen LogP contribution in [0.5, 0.6) is 0 Å². The van der Waals surface area contributed by atoms with E-state index in [1.165, 1.54) is 13.2 Å². The lowest BCUT2D eigenvalue weighted by Crippen LogP contribution is -2.12. The zero-order valence-electron chi connectivity index (χ0n) is 10.4. The minimum absolute atomic E-state index is 0.0753. The molecule has 0 saturated heterocycles. The molecule has 0 aromatic carbocycles. The standard InChI is InChI=1S/C11H12F3N5/c1-3-19-8(4-5-16-19)7-6-9(11(12,13)14)18-10(15-2)17-7/h4-6H,3H2,1-2H3,(H,15,17,18). The minimum atomic E-state index is -4.51. The predicted molar refractivity (Wildman–Crippen MR) is 63.5 cm³/mol. The van der Waals surface area contributed by atoms with Gasteiger partial charge in [-0.15, -0.1) is 0 Å². The van der Waals surface area contributed by atoms with Crippen molar-refractivity contribution in [3.8, 4) is 11.4 Å². The number of aromatic nitrogens is 4. The number of nitrogens with one attached hydrogen (secondary N) is 1. The minimum Gasteiger partial charge on any atom is -0.357 e. The van der Waals surface area contributed by atoms with Crippen LogP contribution in [0.25, 0.3) is 11.4 Å². The number of aryl methyl sites for hydroxylation is 1. The molecule has 0 amide bonds. The number of halogens is 3. The van der Waals surface area contributed by atoms with Gasteiger partial charge < -0.3 is 5.32 Å². The van der Waals surface area contributed by atoms with Crippen molar-refractivity contribution in [2.24, 2.45) is 0 Å². The Kier molecular flexibility index (Phi) is 3.41. The highest BCUT2D eigenvalue weighted by molar-refractivity contribution is 5.56. The number of hydrogen-bond acceptors (Lipinski definition) is 4. The molecule has 1 N–H and O–H groups in total. The van der Waals surface area contributed by atoms with Crippen LogP contribution in [0.2, 0.25) is 0 Å². The molecule has 0 spiro atoms. The average molecular weight is 271 g/mol. The molecule has 8 heteroatoms. The van der Waals surface area contributed by atoms with Crippen LogP contribution < -0.4 is 5.32 Å². The Morgan fingerprint density at radius 3 is 2.63 bits per heavy atom. The Morgan fingerprint density at radius 2 is 2.05 bits per heavy atom. The van der Waals surface area contributed by atoms with E-state index in [0.29, 0.717) is 12.2 Å². The molecule has 0 atom stereocenters. The summed E-state index contributed by atoms with van der Waals surface area (Å²) in [5.41, 5.74) is -0.274. The molecule has 0 unspecified atom stereocenters. The maximum absolute atomic E-state index is 12.8. The van der Waals surface area contributed by atoms with Gasteiger partial charge in [-0.1, -0.05) is 0 Å². The van der Waals surface area contributed by atoms with Crippen molar-refractivity contribution in [3.05, 3.63) is 24.0 Å². The van der Waals surface area contributed by atoms with E-state index in [-0.39, 0.29) is 11.6 Å². The highest BCUT2D eigenvalue weighted by atomic mass is 19.4. The molecule has 0 aliphatic rings. The van der Waals surface area contributed by atoms with Crippen molar-refractivity contribution < 1.29 is 13.2 Å². The smallest absolute Gasteiger partial charge is 0.357 e. The molecule has 102 valence electrons. The fraction of sp³-hybridized carbons (Fsp3) is 0.364. The molecule has 0 bridgehead atoms. The van der Waals surface area contributed by atoms with Crippen LogP contribution in [0.4, 0.5) is 19.1 Å². The lowest BCUT2D eigenvalue weighted by atomic mass is 10.2. The summed E-state index contributed by atoms with van der Waals surface area (Å²) in [7, 11) is 1.47. The Balaban J connectivity index is 2.57. The first-order valence-corrected chi connectivity index (χ1v) is 5.62. The van der Waals surface area contributed by atoms with Crippen LogP contribution in [0.3, 0.4) is 0 Å². The van der Waals surface area contributed by atoms with Crippen LogP contribution in [0.1, 0.15) is 12.6 Å². The average Bonchev–Trinajstić information content (AvgIpc) is 2.85. The fourth-order valence-electron chi connectivity index (χ4n) is 1.64. The first-order chi connectivity index (χ1) is 8.95. The zero-order valence-corrected chi connectivity index (χ0v) is 10.4. The summed E-state index contributed by atoms with van der Waals surface area (Å²) < 4.78 is 39.9. The number of nitrogens with zero attached hydrogens (tertiary/aromatic N) is 4. The van der Waals surface area contributed by atoms with Crippen LogP contribution in [-0.2, 0) is 12.7 Å². The van der Waals surface area contributed by atoms with E-state index >= 15 is 0 Å². The Bertz CT molecular complexity index is 576. The van der Waals surface area contributed by atoms with Gasteiger partial charge in [0.2, 0.25) is 5.95 Å². The first-order valence-electron chi connectivity index (χ1n) is 5.62. The number of anilines is 1. The summed E-state index contributed by atoms with van der Waals surface area (Å²) in [4.78, 5) is 7.45. The van der Waals surface area contributed by atoms with Crippen LogP contribution in [0.15, 0.2) is 18.3 Å². The lowest BCUT2D eigenvalue weighted by Gasteiger charge is -2.10. The van der Waals surface area contributed by atoms with E-state index in [1.807, 2.05) is 6.92 Å². The van der Waals surface area contributed by atoms with Crippen molar-refractivity contribution in [1.82, 2.24) is 19.7 Å². The summed E-state index contributed by atoms with van der Waals surface area (Å²) in [6.07, 6.45) is -2.99. The number of rotatable bonds is 3. The van der Waals surface area contributed by atoms with E-state index in [1.54, 1.807) is 10.7 Å². The molecule has 5 nitrogen and oxygen atoms in total. The van der Waals surface area contributed by atoms with Gasteiger partial charge in [-0.05, 0) is 19.1 Å². The highest BCUT2D eigenvalue weighted by Crippen LogP contribution is 2.30. The van der Waals surface area contributed by atoms with E-state index < -0.39 is 11.9 Å². The van der Waals surface area contributed by atoms with Crippen molar-refractivity contribution >= 4 is 5.95 Å². The highest BCUT2D eigenvalue weighted by Gasteiger charge is 2.34. The summed E-state index contributed by atoms with van der Waals surface area (Å²) in [5, 5.41) is 6.54. The van der Waals surface area contributed by atoms with Crippen molar-refractivity contribution in [1.29, 1.82) is 0 Å². The topological polar surface area (TPSA) is 55.6 Å². The van der Waals surface area contributed by atoms with E-state index in [0.717, 1.165) is 6.07 Å². The molecule has 0 aliphatic heterocycles. The van der Waals surface area contributed by atoms with Gasteiger partial charge in [-0.3, -0.25) is 4.68 Å². The molecular formula is C11H12F3N5. The molecule has 0 saturated carbocycles. The number of alkyl halides is 3. The molecule has 2 rings (SSSR count). The molecule has 19 heavy (non-hydrogen) atoms. The normalized spacial score (nSPS) is 11.6. The number of hydrogen-bond donors (Lipinski definition) is 1. The molecule has 0 fully saturated rings. The van der Waals surface area contributed by atoms with Crippen molar-refractivity contribution in [2.75, 3.05) is 12.4 Å². The predicted octanol–water partition coefficient (Wildman–Crippen LogP) is 2.42. The maximum Gasteiger partial charge on any atom is 0.433 e. The quantitative estimate of drug-likeness (QED) is 0.931. The molecule has 2 aromatic rings. The van der Waals surface area contributed by atoms with Gasteiger partial charge in [0.25, 0.3) is 0 Å². The van der Waals surface area contributed by atoms with E-state index in [2.05, 4.69) is 20.4 Å². The monoisotopic (exact) mass is 271 g/mol. The van der Waals surface area contributed by atoms with E-state index in [4.69, 9.17) is 0 Å². The second kappa shape index (κ2) is 4.87. The largest absolute Gasteiger partial charge is 0.433 e. The van der Waals surface area contributed by atoms with Crippen LogP contribution in [0, 0.1) is 0 Å². The van der Waals surface area contributed by atoms with Crippen molar-refractivity contribution in [3.63, 3.8) is 0 Å². The summed E-state index contributed by atoms with van der Waals surface area (Å²) in [6, 6.07) is 2.54. The zero-order chi connectivity index (χ0) is 14.0. The first kappa shape index (κ1) is 13.3. The Labute approximate surface area is 107 Å². The lowest BCUT2D eigenvalue weighted by molar-refractivity contribution is -0.141. The molecule has 2 heterocycles. The fourth-order valence-corrected chi connectivity index (χ4v) is 1.64. The molecule has 0 radical (unpaired) electrons. The molecule has 0 aliphatic carbocycles. The molecular weight excluding hydrogens is 259 g/mol. The second-order valence-electron chi connectivity index (χ2n) is 3.74. The Hall–Kier alpha value is -2.12. The van der Waals surface area contributed by atoms with Gasteiger partial charge in [0.1, 0.15) is 0 Å².